The van der Waals surface area contributed by atoms with E-state index < -0.39 is 5.97 Å². The molecule has 152 valence electrons. The lowest BCUT2D eigenvalue weighted by molar-refractivity contribution is -0.145. The number of thioether (sulfide) groups is 1. The van der Waals surface area contributed by atoms with Gasteiger partial charge in [-0.15, -0.1) is 0 Å². The van der Waals surface area contributed by atoms with Crippen molar-refractivity contribution in [3.8, 4) is 11.5 Å². The van der Waals surface area contributed by atoms with Gasteiger partial charge in [0.15, 0.2) is 18.1 Å². The number of thiocarbonyl (C=S) groups is 1. The maximum atomic E-state index is 12.7. The first-order valence-corrected chi connectivity index (χ1v) is 9.98. The van der Waals surface area contributed by atoms with Crippen LogP contribution in [0.15, 0.2) is 45.9 Å². The highest BCUT2D eigenvalue weighted by atomic mass is 32.2. The van der Waals surface area contributed by atoms with E-state index in [9.17, 15) is 9.59 Å². The normalized spacial score (nSPS) is 15.1. The Hall–Kier alpha value is -2.78. The predicted octanol–water partition coefficient (Wildman–Crippen LogP) is 3.63. The molecule has 0 saturated carbocycles. The Labute approximate surface area is 177 Å². The van der Waals surface area contributed by atoms with Crippen LogP contribution in [-0.4, -0.2) is 41.4 Å². The molecule has 0 unspecified atom stereocenters. The molecule has 1 aromatic carbocycles. The molecule has 0 N–H and O–H groups in total. The van der Waals surface area contributed by atoms with E-state index in [0.29, 0.717) is 33.0 Å². The van der Waals surface area contributed by atoms with Gasteiger partial charge in [-0.25, -0.2) is 4.79 Å². The molecule has 1 fully saturated rings. The minimum Gasteiger partial charge on any atom is -0.493 e. The second-order valence-corrected chi connectivity index (χ2v) is 7.53. The molecule has 2 heterocycles. The third kappa shape index (κ3) is 5.18. The number of methoxy groups -OCH3 is 1. The average Bonchev–Trinajstić information content (AvgIpc) is 3.31. The van der Waals surface area contributed by atoms with E-state index in [0.717, 1.165) is 5.56 Å². The first kappa shape index (κ1) is 20.9. The Morgan fingerprint density at radius 3 is 2.83 bits per heavy atom. The zero-order chi connectivity index (χ0) is 20.8. The van der Waals surface area contributed by atoms with Crippen molar-refractivity contribution in [2.45, 2.75) is 13.5 Å². The Balaban J connectivity index is 1.73. The van der Waals surface area contributed by atoms with Gasteiger partial charge < -0.3 is 18.6 Å². The van der Waals surface area contributed by atoms with Gasteiger partial charge >= 0.3 is 5.97 Å². The van der Waals surface area contributed by atoms with Crippen LogP contribution in [0, 0.1) is 0 Å². The van der Waals surface area contributed by atoms with Crippen LogP contribution < -0.4 is 9.47 Å². The number of carbonyl (C=O) groups excluding carboxylic acids is 2. The van der Waals surface area contributed by atoms with Gasteiger partial charge in [-0.05, 0) is 42.8 Å². The molecule has 0 spiro atoms. The smallest absolute Gasteiger partial charge is 0.344 e. The Morgan fingerprint density at radius 2 is 2.14 bits per heavy atom. The van der Waals surface area contributed by atoms with Gasteiger partial charge in [0.25, 0.3) is 5.91 Å². The molecule has 1 saturated heterocycles. The molecule has 29 heavy (non-hydrogen) atoms. The summed E-state index contributed by atoms with van der Waals surface area (Å²) in [6, 6.07) is 8.72. The number of hydrogen-bond acceptors (Lipinski definition) is 8. The van der Waals surface area contributed by atoms with Gasteiger partial charge in [0, 0.05) is 0 Å². The monoisotopic (exact) mass is 433 g/mol. The van der Waals surface area contributed by atoms with Crippen LogP contribution in [0.4, 0.5) is 0 Å². The lowest BCUT2D eigenvalue weighted by Gasteiger charge is -2.12. The Bertz CT molecular complexity index is 938. The van der Waals surface area contributed by atoms with Crippen molar-refractivity contribution in [3.63, 3.8) is 0 Å². The van der Waals surface area contributed by atoms with Crippen molar-refractivity contribution < 1.29 is 28.2 Å². The lowest BCUT2D eigenvalue weighted by Crippen LogP contribution is -2.27. The Kier molecular flexibility index (Phi) is 6.95. The molecule has 2 aromatic rings. The van der Waals surface area contributed by atoms with Crippen molar-refractivity contribution in [2.75, 3.05) is 20.3 Å². The Morgan fingerprint density at radius 1 is 1.31 bits per heavy atom. The summed E-state index contributed by atoms with van der Waals surface area (Å²) in [5.74, 6) is 0.862. The fourth-order valence-electron chi connectivity index (χ4n) is 2.58. The molecule has 1 aromatic heterocycles. The van der Waals surface area contributed by atoms with E-state index in [2.05, 4.69) is 0 Å². The standard InChI is InChI=1S/C20H19NO6S2/c1-3-25-18(22)12-27-15-7-6-13(9-16(15)24-2)10-17-19(23)21(20(28)29-17)11-14-5-4-8-26-14/h4-10H,3,11-12H2,1-2H3. The van der Waals surface area contributed by atoms with E-state index in [4.69, 9.17) is 30.8 Å². The molecule has 1 aliphatic rings. The SMILES string of the molecule is CCOC(=O)COc1ccc(C=C2SC(=S)N(Cc3ccco3)C2=O)cc1OC. The molecule has 7 nitrogen and oxygen atoms in total. The minimum atomic E-state index is -0.459. The first-order valence-electron chi connectivity index (χ1n) is 8.76. The zero-order valence-electron chi connectivity index (χ0n) is 15.9. The van der Waals surface area contributed by atoms with Crippen LogP contribution >= 0.6 is 24.0 Å². The fourth-order valence-corrected chi connectivity index (χ4v) is 3.83. The minimum absolute atomic E-state index is 0.182. The second-order valence-electron chi connectivity index (χ2n) is 5.85. The lowest BCUT2D eigenvalue weighted by atomic mass is 10.2. The molecule has 0 bridgehead atoms. The van der Waals surface area contributed by atoms with E-state index in [1.165, 1.54) is 23.8 Å². The van der Waals surface area contributed by atoms with Crippen molar-refractivity contribution >= 4 is 46.3 Å². The summed E-state index contributed by atoms with van der Waals surface area (Å²) < 4.78 is 21.4. The van der Waals surface area contributed by atoms with Crippen LogP contribution in [0.2, 0.25) is 0 Å². The van der Waals surface area contributed by atoms with Gasteiger partial charge in [0.2, 0.25) is 0 Å². The van der Waals surface area contributed by atoms with Crippen molar-refractivity contribution in [3.05, 3.63) is 52.8 Å². The van der Waals surface area contributed by atoms with Gasteiger partial charge in [0.05, 0.1) is 31.4 Å². The molecular weight excluding hydrogens is 414 g/mol. The third-order valence-corrected chi connectivity index (χ3v) is 5.28. The summed E-state index contributed by atoms with van der Waals surface area (Å²) in [5, 5.41) is 0. The summed E-state index contributed by atoms with van der Waals surface area (Å²) in [6.07, 6.45) is 3.29. The van der Waals surface area contributed by atoms with Gasteiger partial charge in [-0.1, -0.05) is 30.0 Å². The van der Waals surface area contributed by atoms with Crippen molar-refractivity contribution in [1.82, 2.24) is 4.90 Å². The topological polar surface area (TPSA) is 78.2 Å². The number of ether oxygens (including phenoxy) is 3. The molecule has 1 amide bonds. The number of esters is 1. The van der Waals surface area contributed by atoms with E-state index in [1.807, 2.05) is 0 Å². The van der Waals surface area contributed by atoms with Crippen LogP contribution in [0.25, 0.3) is 6.08 Å². The first-order chi connectivity index (χ1) is 14.0. The van der Waals surface area contributed by atoms with Crippen molar-refractivity contribution in [1.29, 1.82) is 0 Å². The summed E-state index contributed by atoms with van der Waals surface area (Å²) in [6.45, 7) is 2.09. The maximum Gasteiger partial charge on any atom is 0.344 e. The summed E-state index contributed by atoms with van der Waals surface area (Å²) in [4.78, 5) is 26.2. The second kappa shape index (κ2) is 9.62. The van der Waals surface area contributed by atoms with Crippen LogP contribution in [0.5, 0.6) is 11.5 Å². The summed E-state index contributed by atoms with van der Waals surface area (Å²) in [5.41, 5.74) is 0.740. The summed E-state index contributed by atoms with van der Waals surface area (Å²) >= 11 is 6.56. The third-order valence-electron chi connectivity index (χ3n) is 3.90. The molecule has 1 aliphatic heterocycles. The van der Waals surface area contributed by atoms with Gasteiger partial charge in [0.1, 0.15) is 10.1 Å². The molecule has 0 aliphatic carbocycles. The molecule has 0 radical (unpaired) electrons. The zero-order valence-corrected chi connectivity index (χ0v) is 17.5. The van der Waals surface area contributed by atoms with E-state index in [1.54, 1.807) is 49.6 Å². The molecule has 9 heteroatoms. The number of amides is 1. The molecular formula is C20H19NO6S2. The highest BCUT2D eigenvalue weighted by Crippen LogP contribution is 2.35. The largest absolute Gasteiger partial charge is 0.493 e. The van der Waals surface area contributed by atoms with Crippen LogP contribution in [-0.2, 0) is 20.9 Å². The predicted molar refractivity (Wildman–Crippen MR) is 113 cm³/mol. The number of furan rings is 1. The fraction of sp³-hybridized carbons (Fsp3) is 0.250. The van der Waals surface area contributed by atoms with Gasteiger partial charge in [-0.2, -0.15) is 0 Å². The molecule has 0 atom stereocenters. The van der Waals surface area contributed by atoms with Crippen molar-refractivity contribution in [2.24, 2.45) is 0 Å². The maximum absolute atomic E-state index is 12.7. The number of hydrogen-bond donors (Lipinski definition) is 0. The number of benzene rings is 1. The van der Waals surface area contributed by atoms with Gasteiger partial charge in [-0.3, -0.25) is 9.69 Å². The molecule has 3 rings (SSSR count). The average molecular weight is 434 g/mol. The van der Waals surface area contributed by atoms with Crippen LogP contribution in [0.1, 0.15) is 18.2 Å². The number of rotatable bonds is 8. The highest BCUT2D eigenvalue weighted by Gasteiger charge is 2.32. The van der Waals surface area contributed by atoms with Crippen LogP contribution in [0.3, 0.4) is 0 Å². The summed E-state index contributed by atoms with van der Waals surface area (Å²) in [7, 11) is 1.50. The quantitative estimate of drug-likeness (QED) is 0.355. The number of carbonyl (C=O) groups is 2. The number of nitrogens with zero attached hydrogens (tertiary/aromatic N) is 1. The van der Waals surface area contributed by atoms with E-state index >= 15 is 0 Å². The van der Waals surface area contributed by atoms with E-state index in [-0.39, 0.29) is 19.1 Å². The highest BCUT2D eigenvalue weighted by molar-refractivity contribution is 8.26.